The van der Waals surface area contributed by atoms with Crippen molar-refractivity contribution in [1.29, 1.82) is 0 Å². The number of para-hydroxylation sites is 1. The largest absolute Gasteiger partial charge is 0.380 e. The molecule has 18 heavy (non-hydrogen) atoms. The second-order valence-electron chi connectivity index (χ2n) is 4.33. The lowest BCUT2D eigenvalue weighted by molar-refractivity contribution is -0.115. The molecule has 1 aromatic rings. The van der Waals surface area contributed by atoms with Crippen LogP contribution in [0, 0.1) is 0 Å². The molecule has 1 amide bonds. The van der Waals surface area contributed by atoms with Gasteiger partial charge in [0.25, 0.3) is 0 Å². The van der Waals surface area contributed by atoms with Crippen molar-refractivity contribution in [3.05, 3.63) is 29.8 Å². The Morgan fingerprint density at radius 1 is 1.39 bits per heavy atom. The van der Waals surface area contributed by atoms with Gasteiger partial charge in [0, 0.05) is 24.4 Å². The molecular weight excluding hydrogens is 228 g/mol. The Morgan fingerprint density at radius 3 is 2.78 bits per heavy atom. The van der Waals surface area contributed by atoms with E-state index in [0.717, 1.165) is 17.7 Å². The van der Waals surface area contributed by atoms with Crippen LogP contribution >= 0.6 is 0 Å². The zero-order valence-electron chi connectivity index (χ0n) is 11.3. The first-order valence-electron chi connectivity index (χ1n) is 6.27. The van der Waals surface area contributed by atoms with Crippen LogP contribution in [-0.2, 0) is 16.1 Å². The zero-order chi connectivity index (χ0) is 13.4. The summed E-state index contributed by atoms with van der Waals surface area (Å²) in [6.07, 6.45) is 1.01. The summed E-state index contributed by atoms with van der Waals surface area (Å²) in [5, 5.41) is 6.05. The zero-order valence-corrected chi connectivity index (χ0v) is 11.3. The lowest BCUT2D eigenvalue weighted by atomic mass is 10.2. The number of nitrogens with one attached hydrogen (secondary N) is 2. The van der Waals surface area contributed by atoms with E-state index >= 15 is 0 Å². The summed E-state index contributed by atoms with van der Waals surface area (Å²) in [4.78, 5) is 11.8. The average Bonchev–Trinajstić information content (AvgIpc) is 2.38. The first kappa shape index (κ1) is 14.7. The molecule has 0 heterocycles. The van der Waals surface area contributed by atoms with Gasteiger partial charge in [0.1, 0.15) is 0 Å². The first-order valence-corrected chi connectivity index (χ1v) is 6.27. The summed E-state index contributed by atoms with van der Waals surface area (Å²) in [5.41, 5.74) is 1.80. The third-order valence-electron chi connectivity index (χ3n) is 2.81. The van der Waals surface area contributed by atoms with E-state index in [-0.39, 0.29) is 5.91 Å². The molecule has 1 rings (SSSR count). The third-order valence-corrected chi connectivity index (χ3v) is 2.81. The molecule has 0 radical (unpaired) electrons. The summed E-state index contributed by atoms with van der Waals surface area (Å²) in [7, 11) is 1.64. The Kier molecular flexibility index (Phi) is 6.39. The van der Waals surface area contributed by atoms with E-state index in [1.54, 1.807) is 7.11 Å². The standard InChI is InChI=1S/C14H22N2O2/c1-4-11(2)15-9-14(17)16-13-8-6-5-7-12(13)10-18-3/h5-8,11,15H,4,9-10H2,1-3H3,(H,16,17). The van der Waals surface area contributed by atoms with Gasteiger partial charge in [0.15, 0.2) is 0 Å². The molecule has 0 spiro atoms. The van der Waals surface area contributed by atoms with Crippen LogP contribution in [0.4, 0.5) is 5.69 Å². The molecule has 100 valence electrons. The minimum Gasteiger partial charge on any atom is -0.380 e. The highest BCUT2D eigenvalue weighted by atomic mass is 16.5. The van der Waals surface area contributed by atoms with E-state index in [1.165, 1.54) is 0 Å². The number of methoxy groups -OCH3 is 1. The summed E-state index contributed by atoms with van der Waals surface area (Å²) in [6.45, 7) is 4.97. The van der Waals surface area contributed by atoms with Crippen molar-refractivity contribution in [3.8, 4) is 0 Å². The fraction of sp³-hybridized carbons (Fsp3) is 0.500. The summed E-state index contributed by atoms with van der Waals surface area (Å²) in [6, 6.07) is 8.01. The number of benzene rings is 1. The lowest BCUT2D eigenvalue weighted by Crippen LogP contribution is -2.34. The highest BCUT2D eigenvalue weighted by Crippen LogP contribution is 2.15. The minimum absolute atomic E-state index is 0.0288. The maximum atomic E-state index is 11.8. The highest BCUT2D eigenvalue weighted by molar-refractivity contribution is 5.92. The summed E-state index contributed by atoms with van der Waals surface area (Å²) >= 11 is 0. The maximum absolute atomic E-state index is 11.8. The second kappa shape index (κ2) is 7.84. The molecule has 2 N–H and O–H groups in total. The lowest BCUT2D eigenvalue weighted by Gasteiger charge is -2.13. The predicted octanol–water partition coefficient (Wildman–Crippen LogP) is 2.16. The van der Waals surface area contributed by atoms with Gasteiger partial charge in [-0.3, -0.25) is 4.79 Å². The van der Waals surface area contributed by atoms with Gasteiger partial charge in [-0.1, -0.05) is 25.1 Å². The molecule has 4 heteroatoms. The fourth-order valence-corrected chi connectivity index (χ4v) is 1.53. The van der Waals surface area contributed by atoms with Crippen molar-refractivity contribution in [1.82, 2.24) is 5.32 Å². The van der Waals surface area contributed by atoms with Crippen molar-refractivity contribution in [2.75, 3.05) is 19.0 Å². The van der Waals surface area contributed by atoms with Crippen LogP contribution in [0.2, 0.25) is 0 Å². The predicted molar refractivity (Wildman–Crippen MR) is 73.5 cm³/mol. The molecule has 0 saturated heterocycles. The van der Waals surface area contributed by atoms with Crippen molar-refractivity contribution in [2.24, 2.45) is 0 Å². The Morgan fingerprint density at radius 2 is 2.11 bits per heavy atom. The van der Waals surface area contributed by atoms with Gasteiger partial charge in [-0.05, 0) is 19.4 Å². The summed E-state index contributed by atoms with van der Waals surface area (Å²) < 4.78 is 5.10. The number of hydrogen-bond donors (Lipinski definition) is 2. The molecule has 0 bridgehead atoms. The van der Waals surface area contributed by atoms with Gasteiger partial charge in [0.2, 0.25) is 5.91 Å². The van der Waals surface area contributed by atoms with Crippen LogP contribution in [0.25, 0.3) is 0 Å². The van der Waals surface area contributed by atoms with Crippen molar-refractivity contribution < 1.29 is 9.53 Å². The average molecular weight is 250 g/mol. The van der Waals surface area contributed by atoms with Crippen LogP contribution < -0.4 is 10.6 Å². The van der Waals surface area contributed by atoms with Gasteiger partial charge in [0.05, 0.1) is 13.2 Å². The van der Waals surface area contributed by atoms with Crippen molar-refractivity contribution in [2.45, 2.75) is 32.9 Å². The van der Waals surface area contributed by atoms with Gasteiger partial charge < -0.3 is 15.4 Å². The van der Waals surface area contributed by atoms with Gasteiger partial charge in [-0.25, -0.2) is 0 Å². The molecule has 0 aliphatic heterocycles. The Labute approximate surface area is 109 Å². The monoisotopic (exact) mass is 250 g/mol. The SMILES string of the molecule is CCC(C)NCC(=O)Nc1ccccc1COC. The Hall–Kier alpha value is -1.39. The van der Waals surface area contributed by atoms with Gasteiger partial charge in [-0.2, -0.15) is 0 Å². The van der Waals surface area contributed by atoms with Crippen molar-refractivity contribution in [3.63, 3.8) is 0 Å². The quantitative estimate of drug-likeness (QED) is 0.779. The van der Waals surface area contributed by atoms with Crippen LogP contribution in [0.1, 0.15) is 25.8 Å². The highest BCUT2D eigenvalue weighted by Gasteiger charge is 2.07. The van der Waals surface area contributed by atoms with Crippen LogP contribution in [0.5, 0.6) is 0 Å². The molecular formula is C14H22N2O2. The topological polar surface area (TPSA) is 50.4 Å². The maximum Gasteiger partial charge on any atom is 0.238 e. The van der Waals surface area contributed by atoms with E-state index in [9.17, 15) is 4.79 Å². The summed E-state index contributed by atoms with van der Waals surface area (Å²) in [5.74, 6) is -0.0288. The van der Waals surface area contributed by atoms with Crippen LogP contribution in [-0.4, -0.2) is 25.6 Å². The Bertz CT molecular complexity index is 380. The normalized spacial score (nSPS) is 12.2. The molecule has 0 saturated carbocycles. The van der Waals surface area contributed by atoms with Crippen molar-refractivity contribution >= 4 is 11.6 Å². The molecule has 1 atom stereocenters. The second-order valence-corrected chi connectivity index (χ2v) is 4.33. The molecule has 0 aliphatic carbocycles. The Balaban J connectivity index is 2.53. The number of carbonyl (C=O) groups excluding carboxylic acids is 1. The number of ether oxygens (including phenoxy) is 1. The minimum atomic E-state index is -0.0288. The molecule has 0 fully saturated rings. The van der Waals surface area contributed by atoms with Gasteiger partial charge >= 0.3 is 0 Å². The first-order chi connectivity index (χ1) is 8.67. The number of anilines is 1. The molecule has 0 aromatic heterocycles. The van der Waals surface area contributed by atoms with E-state index in [1.807, 2.05) is 24.3 Å². The van der Waals surface area contributed by atoms with E-state index in [2.05, 4.69) is 24.5 Å². The van der Waals surface area contributed by atoms with Crippen LogP contribution in [0.3, 0.4) is 0 Å². The number of carbonyl (C=O) groups is 1. The molecule has 0 aliphatic rings. The molecule has 1 aromatic carbocycles. The number of hydrogen-bond acceptors (Lipinski definition) is 3. The van der Waals surface area contributed by atoms with Crippen LogP contribution in [0.15, 0.2) is 24.3 Å². The smallest absolute Gasteiger partial charge is 0.238 e. The number of amides is 1. The third kappa shape index (κ3) is 4.85. The fourth-order valence-electron chi connectivity index (χ4n) is 1.53. The molecule has 4 nitrogen and oxygen atoms in total. The van der Waals surface area contributed by atoms with E-state index in [0.29, 0.717) is 19.2 Å². The van der Waals surface area contributed by atoms with E-state index < -0.39 is 0 Å². The molecule has 1 unspecified atom stereocenters. The van der Waals surface area contributed by atoms with E-state index in [4.69, 9.17) is 4.74 Å². The number of rotatable bonds is 7. The van der Waals surface area contributed by atoms with Gasteiger partial charge in [-0.15, -0.1) is 0 Å².